The molecule has 0 bridgehead atoms. The third-order valence-electron chi connectivity index (χ3n) is 3.92. The molecule has 0 radical (unpaired) electrons. The summed E-state index contributed by atoms with van der Waals surface area (Å²) in [6.07, 6.45) is 9.71. The average molecular weight is 254 g/mol. The van der Waals surface area contributed by atoms with Crippen LogP contribution in [0.3, 0.4) is 0 Å². The van der Waals surface area contributed by atoms with E-state index in [1.807, 2.05) is 6.07 Å². The Labute approximate surface area is 116 Å². The van der Waals surface area contributed by atoms with Gasteiger partial charge in [0.15, 0.2) is 0 Å². The van der Waals surface area contributed by atoms with E-state index in [2.05, 4.69) is 56.0 Å². The smallest absolute Gasteiger partial charge is 0.117 e. The minimum absolute atomic E-state index is 0.422. The number of rotatable bonds is 5. The van der Waals surface area contributed by atoms with Crippen molar-refractivity contribution < 1.29 is 4.74 Å². The Kier molecular flexibility index (Phi) is 4.39. The average Bonchev–Trinajstić information content (AvgIpc) is 2.51. The highest BCUT2D eigenvalue weighted by molar-refractivity contribution is 5.48. The molecule has 19 heavy (non-hydrogen) atoms. The molecule has 1 nitrogen and oxygen atoms in total. The summed E-state index contributed by atoms with van der Waals surface area (Å²) in [6, 6.07) is 10.4. The summed E-state index contributed by atoms with van der Waals surface area (Å²) >= 11 is 0. The lowest BCUT2D eigenvalue weighted by Gasteiger charge is -2.35. The molecule has 1 aliphatic carbocycles. The first kappa shape index (κ1) is 13.8. The quantitative estimate of drug-likeness (QED) is 0.735. The van der Waals surface area contributed by atoms with Gasteiger partial charge in [-0.3, -0.25) is 0 Å². The number of hydrogen-bond acceptors (Lipinski definition) is 1. The van der Waals surface area contributed by atoms with E-state index >= 15 is 0 Å². The first-order chi connectivity index (χ1) is 9.24. The molecule has 1 atom stereocenters. The van der Waals surface area contributed by atoms with Crippen LogP contribution in [0.5, 0.6) is 0 Å². The summed E-state index contributed by atoms with van der Waals surface area (Å²) in [4.78, 5) is 0. The Morgan fingerprint density at radius 1 is 1.26 bits per heavy atom. The molecule has 0 aliphatic heterocycles. The van der Waals surface area contributed by atoms with Crippen molar-refractivity contribution in [1.29, 1.82) is 0 Å². The summed E-state index contributed by atoms with van der Waals surface area (Å²) < 4.78 is 5.91. The Bertz CT molecular complexity index is 490. The van der Waals surface area contributed by atoms with Gasteiger partial charge in [-0.25, -0.2) is 0 Å². The highest BCUT2D eigenvalue weighted by Gasteiger charge is 2.34. The van der Waals surface area contributed by atoms with E-state index in [0.717, 1.165) is 24.8 Å². The van der Waals surface area contributed by atoms with E-state index in [4.69, 9.17) is 4.74 Å². The monoisotopic (exact) mass is 254 g/mol. The lowest BCUT2D eigenvalue weighted by atomic mass is 9.79. The normalized spacial score (nSPS) is 17.7. The number of methoxy groups -OCH3 is 1. The van der Waals surface area contributed by atoms with E-state index in [0.29, 0.717) is 0 Å². The van der Waals surface area contributed by atoms with Crippen molar-refractivity contribution in [3.8, 4) is 0 Å². The fourth-order valence-electron chi connectivity index (χ4n) is 2.75. The van der Waals surface area contributed by atoms with Crippen LogP contribution in [0.2, 0.25) is 0 Å². The van der Waals surface area contributed by atoms with Crippen LogP contribution < -0.4 is 0 Å². The van der Waals surface area contributed by atoms with Crippen LogP contribution in [0.4, 0.5) is 0 Å². The van der Waals surface area contributed by atoms with Crippen molar-refractivity contribution in [2.24, 2.45) is 0 Å². The van der Waals surface area contributed by atoms with Crippen LogP contribution in [0.25, 0.3) is 0 Å². The highest BCUT2D eigenvalue weighted by Crippen LogP contribution is 2.40. The molecular formula is C18H22O. The van der Waals surface area contributed by atoms with E-state index in [9.17, 15) is 0 Å². The van der Waals surface area contributed by atoms with Crippen molar-refractivity contribution in [2.75, 3.05) is 7.11 Å². The third-order valence-corrected chi connectivity index (χ3v) is 3.92. The van der Waals surface area contributed by atoms with Crippen LogP contribution in [-0.2, 0) is 10.3 Å². The van der Waals surface area contributed by atoms with Gasteiger partial charge in [-0.05, 0) is 36.0 Å². The Balaban J connectivity index is 2.42. The molecule has 2 rings (SSSR count). The second-order valence-corrected chi connectivity index (χ2v) is 4.87. The molecular weight excluding hydrogens is 232 g/mol. The van der Waals surface area contributed by atoms with E-state index < -0.39 is 5.60 Å². The zero-order valence-electron chi connectivity index (χ0n) is 11.9. The zero-order chi connectivity index (χ0) is 13.7. The van der Waals surface area contributed by atoms with Crippen LogP contribution in [-0.4, -0.2) is 7.11 Å². The maximum atomic E-state index is 5.91. The largest absolute Gasteiger partial charge is 0.369 e. The predicted octanol–water partition coefficient (Wildman–Crippen LogP) is 4.77. The first-order valence-electron chi connectivity index (χ1n) is 6.91. The lowest BCUT2D eigenvalue weighted by molar-refractivity contribution is 0.0175. The molecule has 0 fully saturated rings. The first-order valence-corrected chi connectivity index (χ1v) is 6.91. The van der Waals surface area contributed by atoms with E-state index in [1.165, 1.54) is 11.1 Å². The number of allylic oxidation sites excluding steroid dienone is 3. The van der Waals surface area contributed by atoms with Crippen molar-refractivity contribution in [3.63, 3.8) is 0 Å². The van der Waals surface area contributed by atoms with Crippen LogP contribution in [0.15, 0.2) is 66.3 Å². The number of ether oxygens (including phenoxy) is 1. The summed E-state index contributed by atoms with van der Waals surface area (Å²) in [5, 5.41) is 0. The molecule has 1 aliphatic rings. The summed E-state index contributed by atoms with van der Waals surface area (Å²) in [6.45, 7) is 6.47. The number of hydrogen-bond donors (Lipinski definition) is 0. The Hall–Kier alpha value is -1.60. The molecule has 0 spiro atoms. The Morgan fingerprint density at radius 2 is 2.00 bits per heavy atom. The predicted molar refractivity (Wildman–Crippen MR) is 81.0 cm³/mol. The van der Waals surface area contributed by atoms with Crippen LogP contribution in [0.1, 0.15) is 31.7 Å². The number of benzene rings is 1. The standard InChI is InChI=1S/C18H22O/c1-4-18(19-3,17-13-9-6-10-14-17)15(2)16-11-7-5-8-12-16/h6-7,9-14H,2,4-5,8H2,1,3H3. The van der Waals surface area contributed by atoms with Gasteiger partial charge in [-0.15, -0.1) is 0 Å². The maximum absolute atomic E-state index is 5.91. The van der Waals surface area contributed by atoms with Gasteiger partial charge in [-0.2, -0.15) is 0 Å². The van der Waals surface area contributed by atoms with Crippen molar-refractivity contribution in [2.45, 2.75) is 31.8 Å². The minimum atomic E-state index is -0.422. The zero-order valence-corrected chi connectivity index (χ0v) is 11.9. The SMILES string of the molecule is C=C(C1=CCCC=C1)C(CC)(OC)c1ccccc1. The molecule has 1 heteroatoms. The van der Waals surface area contributed by atoms with E-state index in [1.54, 1.807) is 7.11 Å². The molecule has 100 valence electrons. The van der Waals surface area contributed by atoms with Gasteiger partial charge in [0, 0.05) is 7.11 Å². The molecule has 1 aromatic rings. The maximum Gasteiger partial charge on any atom is 0.117 e. The second-order valence-electron chi connectivity index (χ2n) is 4.87. The van der Waals surface area contributed by atoms with Gasteiger partial charge >= 0.3 is 0 Å². The molecule has 0 amide bonds. The topological polar surface area (TPSA) is 9.23 Å². The third kappa shape index (κ3) is 2.57. The molecule has 0 saturated carbocycles. The van der Waals surface area contributed by atoms with Gasteiger partial charge in [0.05, 0.1) is 0 Å². The summed E-state index contributed by atoms with van der Waals surface area (Å²) in [5.74, 6) is 0. The molecule has 0 saturated heterocycles. The van der Waals surface area contributed by atoms with Crippen LogP contribution >= 0.6 is 0 Å². The molecule has 0 aromatic heterocycles. The summed E-state index contributed by atoms with van der Waals surface area (Å²) in [7, 11) is 1.77. The second kappa shape index (κ2) is 6.03. The molecule has 1 unspecified atom stereocenters. The van der Waals surface area contributed by atoms with Crippen molar-refractivity contribution >= 4 is 0 Å². The van der Waals surface area contributed by atoms with Gasteiger partial charge < -0.3 is 4.74 Å². The molecule has 0 heterocycles. The Morgan fingerprint density at radius 3 is 2.53 bits per heavy atom. The minimum Gasteiger partial charge on any atom is -0.369 e. The fraction of sp³-hybridized carbons (Fsp3) is 0.333. The van der Waals surface area contributed by atoms with Gasteiger partial charge in [0.1, 0.15) is 5.60 Å². The van der Waals surface area contributed by atoms with Gasteiger partial charge in [0.2, 0.25) is 0 Å². The fourth-order valence-corrected chi connectivity index (χ4v) is 2.75. The van der Waals surface area contributed by atoms with Crippen LogP contribution in [0, 0.1) is 0 Å². The van der Waals surface area contributed by atoms with Crippen molar-refractivity contribution in [3.05, 3.63) is 71.8 Å². The highest BCUT2D eigenvalue weighted by atomic mass is 16.5. The van der Waals surface area contributed by atoms with Crippen molar-refractivity contribution in [1.82, 2.24) is 0 Å². The van der Waals surface area contributed by atoms with Gasteiger partial charge in [0.25, 0.3) is 0 Å². The molecule has 0 N–H and O–H groups in total. The summed E-state index contributed by atoms with van der Waals surface area (Å²) in [5.41, 5.74) is 3.01. The lowest BCUT2D eigenvalue weighted by Crippen LogP contribution is -2.30. The molecule has 1 aromatic carbocycles. The van der Waals surface area contributed by atoms with E-state index in [-0.39, 0.29) is 0 Å². The van der Waals surface area contributed by atoms with Gasteiger partial charge in [-0.1, -0.05) is 62.1 Å².